The van der Waals surface area contributed by atoms with Crippen LogP contribution in [0.25, 0.3) is 0 Å². The minimum absolute atomic E-state index is 0.256. The third kappa shape index (κ3) is 14.9. The van der Waals surface area contributed by atoms with E-state index in [1.165, 1.54) is 7.11 Å². The van der Waals surface area contributed by atoms with Gasteiger partial charge in [-0.25, -0.2) is 9.59 Å². The summed E-state index contributed by atoms with van der Waals surface area (Å²) < 4.78 is 14.4. The van der Waals surface area contributed by atoms with Gasteiger partial charge in [0.15, 0.2) is 0 Å². The van der Waals surface area contributed by atoms with Crippen LogP contribution in [0.3, 0.4) is 0 Å². The van der Waals surface area contributed by atoms with Gasteiger partial charge in [-0.1, -0.05) is 12.8 Å². The molecule has 8 nitrogen and oxygen atoms in total. The van der Waals surface area contributed by atoms with Crippen LogP contribution in [0.4, 0.5) is 9.59 Å². The van der Waals surface area contributed by atoms with Gasteiger partial charge in [0, 0.05) is 25.9 Å². The van der Waals surface area contributed by atoms with E-state index in [1.54, 1.807) is 7.11 Å². The maximum Gasteiger partial charge on any atom is 0.407 e. The lowest BCUT2D eigenvalue weighted by atomic mass is 10.2. The zero-order valence-electron chi connectivity index (χ0n) is 14.4. The summed E-state index contributed by atoms with van der Waals surface area (Å²) in [5, 5.41) is 5.31. The number of unbranched alkanes of at least 4 members (excludes halogenated alkanes) is 3. The first-order valence-electron chi connectivity index (χ1n) is 7.81. The number of alkyl carbamates (subject to hydrolysis) is 2. The van der Waals surface area contributed by atoms with Crippen LogP contribution in [-0.2, 0) is 14.2 Å². The fourth-order valence-corrected chi connectivity index (χ4v) is 1.74. The molecule has 0 aliphatic heterocycles. The molecule has 2 amide bonds. The lowest BCUT2D eigenvalue weighted by Gasteiger charge is -2.06. The predicted octanol–water partition coefficient (Wildman–Crippen LogP) is 1.74. The van der Waals surface area contributed by atoms with Crippen molar-refractivity contribution in [3.8, 4) is 0 Å². The highest BCUT2D eigenvalue weighted by Crippen LogP contribution is 1.98. The second kappa shape index (κ2) is 15.1. The van der Waals surface area contributed by atoms with E-state index in [9.17, 15) is 9.59 Å². The molecule has 0 fully saturated rings. The summed E-state index contributed by atoms with van der Waals surface area (Å²) in [6, 6.07) is 0. The Hall–Kier alpha value is -1.83. The molecule has 0 aromatic heterocycles. The molecule has 0 aromatic carbocycles. The Morgan fingerprint density at radius 2 is 1.57 bits per heavy atom. The van der Waals surface area contributed by atoms with Gasteiger partial charge in [-0.05, 0) is 19.8 Å². The molecule has 0 saturated carbocycles. The predicted molar refractivity (Wildman–Crippen MR) is 88.1 cm³/mol. The number of aliphatic imine (C=N–C) groups is 1. The van der Waals surface area contributed by atoms with Gasteiger partial charge in [0.25, 0.3) is 0 Å². The van der Waals surface area contributed by atoms with Gasteiger partial charge >= 0.3 is 12.2 Å². The van der Waals surface area contributed by atoms with Crippen LogP contribution in [0.1, 0.15) is 32.6 Å². The van der Waals surface area contributed by atoms with Crippen molar-refractivity contribution >= 4 is 17.9 Å². The van der Waals surface area contributed by atoms with Crippen molar-refractivity contribution in [2.45, 2.75) is 32.6 Å². The fraction of sp³-hybridized carbons (Fsp3) is 0.800. The minimum atomic E-state index is -0.419. The van der Waals surface area contributed by atoms with Crippen LogP contribution in [0.5, 0.6) is 0 Å². The quantitative estimate of drug-likeness (QED) is 0.419. The number of nitrogens with one attached hydrogen (secondary N) is 2. The number of ether oxygens (including phenoxy) is 3. The number of amides is 2. The standard InChI is InChI=1S/C15H29N3O5/c1-13(12-21-2)16-10-11-23-15(20)18-9-7-5-4-6-8-17-14(19)22-3/h4-12H2,1-3H3,(H,17,19)(H,18,20). The summed E-state index contributed by atoms with van der Waals surface area (Å²) in [4.78, 5) is 26.4. The zero-order valence-corrected chi connectivity index (χ0v) is 14.4. The Kier molecular flexibility index (Phi) is 13.9. The third-order valence-corrected chi connectivity index (χ3v) is 2.89. The van der Waals surface area contributed by atoms with Crippen LogP contribution in [-0.4, -0.2) is 65.0 Å². The maximum atomic E-state index is 11.4. The molecule has 134 valence electrons. The Balaban J connectivity index is 3.37. The summed E-state index contributed by atoms with van der Waals surface area (Å²) in [5.41, 5.74) is 0.873. The number of hydrogen-bond donors (Lipinski definition) is 2. The van der Waals surface area contributed by atoms with E-state index >= 15 is 0 Å². The van der Waals surface area contributed by atoms with Crippen molar-refractivity contribution < 1.29 is 23.8 Å². The van der Waals surface area contributed by atoms with Gasteiger partial charge in [0.05, 0.1) is 20.3 Å². The molecular formula is C15H29N3O5. The van der Waals surface area contributed by atoms with Gasteiger partial charge in [-0.2, -0.15) is 0 Å². The van der Waals surface area contributed by atoms with Gasteiger partial charge in [0.1, 0.15) is 6.61 Å². The van der Waals surface area contributed by atoms with E-state index in [0.717, 1.165) is 31.4 Å². The molecule has 0 aliphatic rings. The van der Waals surface area contributed by atoms with Crippen LogP contribution in [0, 0.1) is 0 Å². The average molecular weight is 331 g/mol. The van der Waals surface area contributed by atoms with Gasteiger partial charge < -0.3 is 24.8 Å². The normalized spacial score (nSPS) is 11.0. The molecule has 0 unspecified atom stereocenters. The summed E-state index contributed by atoms with van der Waals surface area (Å²) in [5.74, 6) is 0. The fourth-order valence-electron chi connectivity index (χ4n) is 1.74. The maximum absolute atomic E-state index is 11.4. The summed E-state index contributed by atoms with van der Waals surface area (Å²) in [6.45, 7) is 4.23. The molecule has 0 rings (SSSR count). The molecule has 23 heavy (non-hydrogen) atoms. The molecule has 0 heterocycles. The minimum Gasteiger partial charge on any atom is -0.453 e. The Morgan fingerprint density at radius 3 is 2.13 bits per heavy atom. The topological polar surface area (TPSA) is 98.3 Å². The van der Waals surface area contributed by atoms with Crippen molar-refractivity contribution in [1.82, 2.24) is 10.6 Å². The largest absolute Gasteiger partial charge is 0.453 e. The molecule has 0 aromatic rings. The van der Waals surface area contributed by atoms with Gasteiger partial charge in [0.2, 0.25) is 0 Å². The summed E-state index contributed by atoms with van der Waals surface area (Å²) in [6.07, 6.45) is 2.89. The number of rotatable bonds is 12. The Labute approximate surface area is 138 Å². The van der Waals surface area contributed by atoms with E-state index in [-0.39, 0.29) is 6.61 Å². The van der Waals surface area contributed by atoms with Crippen molar-refractivity contribution in [3.05, 3.63) is 0 Å². The summed E-state index contributed by atoms with van der Waals surface area (Å²) >= 11 is 0. The number of hydrogen-bond acceptors (Lipinski definition) is 6. The van der Waals surface area contributed by atoms with E-state index in [4.69, 9.17) is 9.47 Å². The first kappa shape index (κ1) is 21.2. The highest BCUT2D eigenvalue weighted by Gasteiger charge is 2.01. The van der Waals surface area contributed by atoms with E-state index in [0.29, 0.717) is 26.2 Å². The Bertz CT molecular complexity index is 361. The third-order valence-electron chi connectivity index (χ3n) is 2.89. The lowest BCUT2D eigenvalue weighted by molar-refractivity contribution is 0.149. The monoisotopic (exact) mass is 331 g/mol. The Morgan fingerprint density at radius 1 is 0.957 bits per heavy atom. The van der Waals surface area contributed by atoms with Crippen molar-refractivity contribution in [2.24, 2.45) is 4.99 Å². The number of carbonyl (C=O) groups excluding carboxylic acids is 2. The van der Waals surface area contributed by atoms with Crippen molar-refractivity contribution in [2.75, 3.05) is 47.1 Å². The zero-order chi connectivity index (χ0) is 17.3. The number of nitrogens with zero attached hydrogens (tertiary/aromatic N) is 1. The van der Waals surface area contributed by atoms with Crippen molar-refractivity contribution in [3.63, 3.8) is 0 Å². The van der Waals surface area contributed by atoms with E-state index in [2.05, 4.69) is 20.4 Å². The molecule has 0 saturated heterocycles. The molecule has 0 radical (unpaired) electrons. The van der Waals surface area contributed by atoms with Gasteiger partial charge in [-0.3, -0.25) is 4.99 Å². The van der Waals surface area contributed by atoms with Crippen LogP contribution < -0.4 is 10.6 Å². The van der Waals surface area contributed by atoms with E-state index < -0.39 is 12.2 Å². The highest BCUT2D eigenvalue weighted by atomic mass is 16.5. The smallest absolute Gasteiger partial charge is 0.407 e. The molecule has 2 N–H and O–H groups in total. The molecule has 0 bridgehead atoms. The first-order chi connectivity index (χ1) is 11.1. The number of carbonyl (C=O) groups is 2. The van der Waals surface area contributed by atoms with Gasteiger partial charge in [-0.15, -0.1) is 0 Å². The molecular weight excluding hydrogens is 302 g/mol. The summed E-state index contributed by atoms with van der Waals surface area (Å²) in [7, 11) is 2.95. The van der Waals surface area contributed by atoms with Crippen LogP contribution in [0.15, 0.2) is 4.99 Å². The molecule has 8 heteroatoms. The molecule has 0 atom stereocenters. The second-order valence-electron chi connectivity index (χ2n) is 4.95. The first-order valence-corrected chi connectivity index (χ1v) is 7.81. The lowest BCUT2D eigenvalue weighted by Crippen LogP contribution is -2.26. The number of methoxy groups -OCH3 is 2. The molecule has 0 aliphatic carbocycles. The second-order valence-corrected chi connectivity index (χ2v) is 4.95. The highest BCUT2D eigenvalue weighted by molar-refractivity contribution is 5.83. The average Bonchev–Trinajstić information content (AvgIpc) is 2.54. The van der Waals surface area contributed by atoms with Crippen molar-refractivity contribution in [1.29, 1.82) is 0 Å². The van der Waals surface area contributed by atoms with E-state index in [1.807, 2.05) is 6.92 Å². The van der Waals surface area contributed by atoms with Crippen LogP contribution in [0.2, 0.25) is 0 Å². The van der Waals surface area contributed by atoms with Crippen LogP contribution >= 0.6 is 0 Å². The SMILES string of the molecule is COCC(C)=NCCOC(=O)NCCCCCCNC(=O)OC. The molecule has 0 spiro atoms.